The van der Waals surface area contributed by atoms with Gasteiger partial charge in [0.15, 0.2) is 11.5 Å². The van der Waals surface area contributed by atoms with E-state index in [9.17, 15) is 10.1 Å². The lowest BCUT2D eigenvalue weighted by atomic mass is 9.96. The highest BCUT2D eigenvalue weighted by atomic mass is 16.5. The van der Waals surface area contributed by atoms with Gasteiger partial charge in [-0.25, -0.2) is 4.79 Å². The summed E-state index contributed by atoms with van der Waals surface area (Å²) in [5.41, 5.74) is 2.65. The third-order valence-corrected chi connectivity index (χ3v) is 3.92. The van der Waals surface area contributed by atoms with Gasteiger partial charge in [-0.05, 0) is 47.9 Å². The van der Waals surface area contributed by atoms with Crippen LogP contribution in [-0.4, -0.2) is 34.0 Å². The number of nitriles is 1. The maximum atomic E-state index is 11.5. The Kier molecular flexibility index (Phi) is 7.28. The smallest absolute Gasteiger partial charge is 0.411 e. The number of anilines is 1. The minimum absolute atomic E-state index is 0.435. The highest BCUT2D eigenvalue weighted by Crippen LogP contribution is 2.35. The number of nitrogens with zero attached hydrogens (tertiary/aromatic N) is 1. The van der Waals surface area contributed by atoms with Crippen molar-refractivity contribution in [1.82, 2.24) is 0 Å². The number of amides is 1. The summed E-state index contributed by atoms with van der Waals surface area (Å²) in [6.45, 7) is 2.37. The number of carbonyl (C=O) groups excluding carboxylic acids is 1. The number of benzene rings is 2. The topological polar surface area (TPSA) is 89.8 Å². The summed E-state index contributed by atoms with van der Waals surface area (Å²) in [4.78, 5) is 11.5. The van der Waals surface area contributed by atoms with E-state index in [1.54, 1.807) is 31.4 Å². The van der Waals surface area contributed by atoms with Crippen LogP contribution in [0.5, 0.6) is 17.2 Å². The van der Waals surface area contributed by atoms with Gasteiger partial charge in [-0.3, -0.25) is 5.32 Å². The Morgan fingerprint density at radius 1 is 1.04 bits per heavy atom. The quantitative estimate of drug-likeness (QED) is 0.721. The first-order valence-corrected chi connectivity index (χ1v) is 8.52. The summed E-state index contributed by atoms with van der Waals surface area (Å²) in [6, 6.07) is 12.7. The van der Waals surface area contributed by atoms with Crippen LogP contribution < -0.4 is 19.5 Å². The van der Waals surface area contributed by atoms with Crippen molar-refractivity contribution in [1.29, 1.82) is 5.26 Å². The van der Waals surface area contributed by atoms with Gasteiger partial charge in [0.1, 0.15) is 5.75 Å². The van der Waals surface area contributed by atoms with Crippen LogP contribution in [0.15, 0.2) is 42.5 Å². The summed E-state index contributed by atoms with van der Waals surface area (Å²) in [5.74, 6) is 1.63. The second-order valence-corrected chi connectivity index (χ2v) is 5.52. The van der Waals surface area contributed by atoms with E-state index in [1.807, 2.05) is 19.1 Å². The number of rotatable bonds is 7. The molecule has 1 amide bonds. The lowest BCUT2D eigenvalue weighted by Crippen LogP contribution is -2.11. The first-order chi connectivity index (χ1) is 13.6. The molecule has 0 saturated heterocycles. The zero-order chi connectivity index (χ0) is 20.5. The average molecular weight is 382 g/mol. The fourth-order valence-corrected chi connectivity index (χ4v) is 2.63. The monoisotopic (exact) mass is 382 g/mol. The molecule has 146 valence electrons. The van der Waals surface area contributed by atoms with Gasteiger partial charge in [-0.1, -0.05) is 12.1 Å². The molecule has 0 spiro atoms. The van der Waals surface area contributed by atoms with Gasteiger partial charge < -0.3 is 18.9 Å². The molecule has 0 radical (unpaired) electrons. The van der Waals surface area contributed by atoms with Crippen molar-refractivity contribution in [3.8, 4) is 23.3 Å². The summed E-state index contributed by atoms with van der Waals surface area (Å²) >= 11 is 0. The van der Waals surface area contributed by atoms with Gasteiger partial charge in [-0.2, -0.15) is 5.26 Å². The highest BCUT2D eigenvalue weighted by molar-refractivity contribution is 5.89. The van der Waals surface area contributed by atoms with E-state index in [0.29, 0.717) is 35.1 Å². The van der Waals surface area contributed by atoms with Crippen molar-refractivity contribution in [2.75, 3.05) is 33.3 Å². The lowest BCUT2D eigenvalue weighted by Gasteiger charge is -2.15. The molecule has 2 aromatic rings. The number of methoxy groups -OCH3 is 3. The van der Waals surface area contributed by atoms with Gasteiger partial charge >= 0.3 is 6.09 Å². The van der Waals surface area contributed by atoms with E-state index in [0.717, 1.165) is 11.1 Å². The van der Waals surface area contributed by atoms with Crippen LogP contribution in [0.2, 0.25) is 0 Å². The number of allylic oxidation sites excluding steroid dienone is 1. The van der Waals surface area contributed by atoms with Crippen molar-refractivity contribution in [3.63, 3.8) is 0 Å². The van der Waals surface area contributed by atoms with Gasteiger partial charge in [0.2, 0.25) is 0 Å². The van der Waals surface area contributed by atoms with Gasteiger partial charge in [0, 0.05) is 6.08 Å². The van der Waals surface area contributed by atoms with Crippen LogP contribution >= 0.6 is 0 Å². The first kappa shape index (κ1) is 20.6. The second-order valence-electron chi connectivity index (χ2n) is 5.52. The predicted molar refractivity (Wildman–Crippen MR) is 106 cm³/mol. The molecule has 0 saturated carbocycles. The van der Waals surface area contributed by atoms with E-state index in [2.05, 4.69) is 16.1 Å². The maximum Gasteiger partial charge on any atom is 0.411 e. The zero-order valence-corrected chi connectivity index (χ0v) is 16.2. The van der Waals surface area contributed by atoms with E-state index in [1.165, 1.54) is 20.3 Å². The van der Waals surface area contributed by atoms with Crippen molar-refractivity contribution in [2.24, 2.45) is 0 Å². The normalized spacial score (nSPS) is 10.6. The molecule has 2 rings (SSSR count). The van der Waals surface area contributed by atoms with Crippen LogP contribution in [0.25, 0.3) is 5.57 Å². The zero-order valence-electron chi connectivity index (χ0n) is 16.2. The van der Waals surface area contributed by atoms with E-state index in [4.69, 9.17) is 14.2 Å². The molecule has 7 heteroatoms. The number of hydrogen-bond acceptors (Lipinski definition) is 6. The molecule has 0 fully saturated rings. The van der Waals surface area contributed by atoms with Crippen LogP contribution in [0.4, 0.5) is 10.5 Å². The molecule has 28 heavy (non-hydrogen) atoms. The summed E-state index contributed by atoms with van der Waals surface area (Å²) in [5, 5.41) is 11.9. The number of hydrogen-bond donors (Lipinski definition) is 1. The van der Waals surface area contributed by atoms with Crippen molar-refractivity contribution in [2.45, 2.75) is 6.92 Å². The standard InChI is InChI=1S/C21H22N2O5/c1-5-28-20-13-15(7-9-18(20)25-2)16(10-11-22)14-6-8-17(19(12-14)26-3)23-21(24)27-4/h6-10,12-13H,5H2,1-4H3,(H,23,24). The van der Waals surface area contributed by atoms with Gasteiger partial charge in [0.25, 0.3) is 0 Å². The summed E-state index contributed by atoms with van der Waals surface area (Å²) in [6.07, 6.45) is 0.843. The molecular formula is C21H22N2O5. The van der Waals surface area contributed by atoms with Gasteiger partial charge in [-0.15, -0.1) is 0 Å². The largest absolute Gasteiger partial charge is 0.495 e. The highest BCUT2D eigenvalue weighted by Gasteiger charge is 2.14. The fourth-order valence-electron chi connectivity index (χ4n) is 2.63. The minimum Gasteiger partial charge on any atom is -0.495 e. The average Bonchev–Trinajstić information content (AvgIpc) is 2.72. The maximum absolute atomic E-state index is 11.5. The minimum atomic E-state index is -0.602. The fraction of sp³-hybridized carbons (Fsp3) is 0.238. The molecule has 0 aliphatic heterocycles. The third kappa shape index (κ3) is 4.74. The molecule has 7 nitrogen and oxygen atoms in total. The third-order valence-electron chi connectivity index (χ3n) is 3.92. The summed E-state index contributed by atoms with van der Waals surface area (Å²) in [7, 11) is 4.35. The predicted octanol–water partition coefficient (Wildman–Crippen LogP) is 4.24. The van der Waals surface area contributed by atoms with E-state index >= 15 is 0 Å². The number of carbonyl (C=O) groups is 1. The SMILES string of the molecule is CCOc1cc(C(=CC#N)c2ccc(NC(=O)OC)c(OC)c2)ccc1OC. The van der Waals surface area contributed by atoms with Crippen molar-refractivity contribution >= 4 is 17.4 Å². The first-order valence-electron chi connectivity index (χ1n) is 8.52. The van der Waals surface area contributed by atoms with Crippen LogP contribution in [0.1, 0.15) is 18.1 Å². The molecule has 2 aromatic carbocycles. The van der Waals surface area contributed by atoms with Crippen molar-refractivity contribution in [3.05, 3.63) is 53.6 Å². The summed E-state index contributed by atoms with van der Waals surface area (Å²) < 4.78 is 20.9. The molecule has 1 N–H and O–H groups in total. The molecular weight excluding hydrogens is 360 g/mol. The van der Waals surface area contributed by atoms with Crippen LogP contribution in [0.3, 0.4) is 0 Å². The lowest BCUT2D eigenvalue weighted by molar-refractivity contribution is 0.187. The molecule has 0 unspecified atom stereocenters. The van der Waals surface area contributed by atoms with E-state index in [-0.39, 0.29) is 0 Å². The molecule has 0 bridgehead atoms. The van der Waals surface area contributed by atoms with Crippen LogP contribution in [0, 0.1) is 11.3 Å². The Morgan fingerprint density at radius 3 is 2.25 bits per heavy atom. The second kappa shape index (κ2) is 9.88. The molecule has 0 aromatic heterocycles. The Balaban J connectivity index is 2.50. The van der Waals surface area contributed by atoms with Crippen LogP contribution in [-0.2, 0) is 4.74 Å². The Hall–Kier alpha value is -3.66. The Labute approximate surface area is 164 Å². The van der Waals surface area contributed by atoms with E-state index < -0.39 is 6.09 Å². The molecule has 0 aliphatic carbocycles. The molecule has 0 aliphatic rings. The number of ether oxygens (including phenoxy) is 4. The Bertz CT molecular complexity index is 915. The van der Waals surface area contributed by atoms with Gasteiger partial charge in [0.05, 0.1) is 39.7 Å². The Morgan fingerprint density at radius 2 is 1.68 bits per heavy atom. The molecule has 0 atom stereocenters. The van der Waals surface area contributed by atoms with Crippen molar-refractivity contribution < 1.29 is 23.7 Å². The number of nitrogens with one attached hydrogen (secondary N) is 1. The molecule has 0 heterocycles.